The Morgan fingerprint density at radius 1 is 1.21 bits per heavy atom. The van der Waals surface area contributed by atoms with Crippen molar-refractivity contribution in [1.82, 2.24) is 4.57 Å². The molecule has 6 nitrogen and oxygen atoms in total. The number of rotatable bonds is 5. The third-order valence-electron chi connectivity index (χ3n) is 5.50. The molecule has 0 saturated carbocycles. The Balaban J connectivity index is 1.50. The first-order chi connectivity index (χ1) is 14.0. The predicted molar refractivity (Wildman–Crippen MR) is 114 cm³/mol. The zero-order valence-electron chi connectivity index (χ0n) is 16.9. The van der Waals surface area contributed by atoms with E-state index in [1.54, 1.807) is 12.0 Å². The number of nitrogens with zero attached hydrogens (tertiary/aromatic N) is 2. The van der Waals surface area contributed by atoms with Crippen LogP contribution in [-0.2, 0) is 16.1 Å². The van der Waals surface area contributed by atoms with Gasteiger partial charge in [0.2, 0.25) is 11.8 Å². The fourth-order valence-corrected chi connectivity index (χ4v) is 3.92. The summed E-state index contributed by atoms with van der Waals surface area (Å²) in [6, 6.07) is 13.6. The van der Waals surface area contributed by atoms with Crippen molar-refractivity contribution in [1.29, 1.82) is 0 Å². The van der Waals surface area contributed by atoms with Gasteiger partial charge in [0.15, 0.2) is 0 Å². The maximum Gasteiger partial charge on any atom is 0.229 e. The van der Waals surface area contributed by atoms with Gasteiger partial charge in [-0.3, -0.25) is 9.59 Å². The van der Waals surface area contributed by atoms with E-state index in [1.807, 2.05) is 55.6 Å². The van der Waals surface area contributed by atoms with Gasteiger partial charge in [0.1, 0.15) is 5.75 Å². The van der Waals surface area contributed by atoms with Gasteiger partial charge in [-0.1, -0.05) is 6.07 Å². The number of aryl methyl sites for hydroxylation is 2. The number of nitrogens with one attached hydrogen (secondary N) is 1. The van der Waals surface area contributed by atoms with Gasteiger partial charge in [-0.2, -0.15) is 0 Å². The number of fused-ring (bicyclic) bond motifs is 1. The smallest absolute Gasteiger partial charge is 0.229 e. The third-order valence-corrected chi connectivity index (χ3v) is 5.50. The van der Waals surface area contributed by atoms with E-state index >= 15 is 0 Å². The van der Waals surface area contributed by atoms with Crippen LogP contribution in [0.2, 0.25) is 0 Å². The monoisotopic (exact) mass is 391 g/mol. The van der Waals surface area contributed by atoms with Crippen LogP contribution in [0.3, 0.4) is 0 Å². The summed E-state index contributed by atoms with van der Waals surface area (Å²) in [5.74, 6) is 0.0332. The van der Waals surface area contributed by atoms with E-state index < -0.39 is 5.92 Å². The summed E-state index contributed by atoms with van der Waals surface area (Å²) >= 11 is 0. The zero-order chi connectivity index (χ0) is 20.5. The van der Waals surface area contributed by atoms with Crippen LogP contribution >= 0.6 is 0 Å². The molecule has 1 aromatic heterocycles. The minimum absolute atomic E-state index is 0.0653. The zero-order valence-corrected chi connectivity index (χ0v) is 16.9. The normalized spacial score (nSPS) is 16.4. The van der Waals surface area contributed by atoms with Crippen molar-refractivity contribution in [2.45, 2.75) is 26.8 Å². The van der Waals surface area contributed by atoms with Gasteiger partial charge in [0, 0.05) is 42.3 Å². The molecule has 4 rings (SSSR count). The van der Waals surface area contributed by atoms with Crippen LogP contribution in [0.4, 0.5) is 11.4 Å². The lowest BCUT2D eigenvalue weighted by Crippen LogP contribution is -2.28. The molecule has 0 spiro atoms. The lowest BCUT2D eigenvalue weighted by Gasteiger charge is -2.20. The molecule has 0 radical (unpaired) electrons. The number of carbonyl (C=O) groups is 2. The highest BCUT2D eigenvalue weighted by atomic mass is 16.5. The van der Waals surface area contributed by atoms with E-state index in [-0.39, 0.29) is 18.2 Å². The number of amides is 2. The largest absolute Gasteiger partial charge is 0.495 e. The Labute approximate surface area is 170 Å². The van der Waals surface area contributed by atoms with Crippen LogP contribution < -0.4 is 15.0 Å². The number of hydrogen-bond donors (Lipinski definition) is 1. The van der Waals surface area contributed by atoms with Crippen LogP contribution in [0, 0.1) is 12.8 Å². The first kappa shape index (κ1) is 19.1. The Bertz CT molecular complexity index is 1090. The summed E-state index contributed by atoms with van der Waals surface area (Å²) in [6.45, 7) is 5.31. The molecule has 1 aliphatic heterocycles. The molecule has 2 aromatic carbocycles. The lowest BCUT2D eigenvalue weighted by molar-refractivity contribution is -0.122. The molecule has 150 valence electrons. The molecule has 2 heterocycles. The molecule has 2 amide bonds. The number of carbonyl (C=O) groups excluding carboxylic acids is 2. The SMILES string of the molecule is CCn1ccc2cc(NC(=O)C3CC(=O)N(c4cc(C)ccc4OC)C3)ccc21. The van der Waals surface area contributed by atoms with Crippen LogP contribution in [0.15, 0.2) is 48.7 Å². The predicted octanol–water partition coefficient (Wildman–Crippen LogP) is 3.97. The van der Waals surface area contributed by atoms with E-state index in [4.69, 9.17) is 4.74 Å². The van der Waals surface area contributed by atoms with Crippen molar-refractivity contribution < 1.29 is 14.3 Å². The summed E-state index contributed by atoms with van der Waals surface area (Å²) in [5.41, 5.74) is 3.64. The molecule has 1 fully saturated rings. The minimum Gasteiger partial charge on any atom is -0.495 e. The second-order valence-electron chi connectivity index (χ2n) is 7.45. The van der Waals surface area contributed by atoms with Gasteiger partial charge in [0.05, 0.1) is 18.7 Å². The number of ether oxygens (including phenoxy) is 1. The van der Waals surface area contributed by atoms with Crippen molar-refractivity contribution in [3.8, 4) is 5.75 Å². The van der Waals surface area contributed by atoms with E-state index in [1.165, 1.54) is 0 Å². The number of methoxy groups -OCH3 is 1. The van der Waals surface area contributed by atoms with Crippen LogP contribution in [0.25, 0.3) is 10.9 Å². The van der Waals surface area contributed by atoms with Gasteiger partial charge in [0.25, 0.3) is 0 Å². The van der Waals surface area contributed by atoms with Crippen LogP contribution in [-0.4, -0.2) is 30.0 Å². The number of aromatic nitrogens is 1. The van der Waals surface area contributed by atoms with E-state index in [2.05, 4.69) is 16.8 Å². The van der Waals surface area contributed by atoms with Crippen molar-refractivity contribution in [2.24, 2.45) is 5.92 Å². The molecule has 1 unspecified atom stereocenters. The van der Waals surface area contributed by atoms with Crippen molar-refractivity contribution in [3.63, 3.8) is 0 Å². The summed E-state index contributed by atoms with van der Waals surface area (Å²) in [5, 5.41) is 4.06. The summed E-state index contributed by atoms with van der Waals surface area (Å²) in [7, 11) is 1.58. The first-order valence-electron chi connectivity index (χ1n) is 9.85. The maximum atomic E-state index is 12.8. The number of hydrogen-bond acceptors (Lipinski definition) is 3. The standard InChI is InChI=1S/C23H25N3O3/c1-4-25-10-9-16-12-18(6-7-19(16)25)24-23(28)17-13-22(27)26(14-17)20-11-15(2)5-8-21(20)29-3/h5-12,17H,4,13-14H2,1-3H3,(H,24,28). The van der Waals surface area contributed by atoms with Gasteiger partial charge >= 0.3 is 0 Å². The fraction of sp³-hybridized carbons (Fsp3) is 0.304. The molecular formula is C23H25N3O3. The molecule has 29 heavy (non-hydrogen) atoms. The summed E-state index contributed by atoms with van der Waals surface area (Å²) < 4.78 is 7.56. The van der Waals surface area contributed by atoms with E-state index in [0.29, 0.717) is 12.3 Å². The number of benzene rings is 2. The van der Waals surface area contributed by atoms with Crippen LogP contribution in [0.1, 0.15) is 18.9 Å². The van der Waals surface area contributed by atoms with Gasteiger partial charge < -0.3 is 19.5 Å². The molecule has 0 aliphatic carbocycles. The van der Waals surface area contributed by atoms with Crippen molar-refractivity contribution >= 4 is 34.1 Å². The molecule has 0 bridgehead atoms. The van der Waals surface area contributed by atoms with Crippen molar-refractivity contribution in [2.75, 3.05) is 23.9 Å². The van der Waals surface area contributed by atoms with Gasteiger partial charge in [-0.25, -0.2) is 0 Å². The Kier molecular flexibility index (Phi) is 5.01. The molecule has 1 saturated heterocycles. The lowest BCUT2D eigenvalue weighted by atomic mass is 10.1. The molecule has 1 N–H and O–H groups in total. The van der Waals surface area contributed by atoms with Crippen LogP contribution in [0.5, 0.6) is 5.75 Å². The third kappa shape index (κ3) is 3.58. The summed E-state index contributed by atoms with van der Waals surface area (Å²) in [4.78, 5) is 27.1. The average molecular weight is 391 g/mol. The molecule has 6 heteroatoms. The second-order valence-corrected chi connectivity index (χ2v) is 7.45. The number of anilines is 2. The Morgan fingerprint density at radius 3 is 2.79 bits per heavy atom. The Hall–Kier alpha value is -3.28. The molecule has 1 aliphatic rings. The van der Waals surface area contributed by atoms with Gasteiger partial charge in [-0.15, -0.1) is 0 Å². The minimum atomic E-state index is -0.399. The Morgan fingerprint density at radius 2 is 2.03 bits per heavy atom. The highest BCUT2D eigenvalue weighted by Crippen LogP contribution is 2.34. The fourth-order valence-electron chi connectivity index (χ4n) is 3.92. The molecule has 1 atom stereocenters. The molecular weight excluding hydrogens is 366 g/mol. The maximum absolute atomic E-state index is 12.8. The topological polar surface area (TPSA) is 63.6 Å². The quantitative estimate of drug-likeness (QED) is 0.716. The highest BCUT2D eigenvalue weighted by Gasteiger charge is 2.36. The average Bonchev–Trinajstić information content (AvgIpc) is 3.30. The van der Waals surface area contributed by atoms with Crippen molar-refractivity contribution in [3.05, 3.63) is 54.2 Å². The summed E-state index contributed by atoms with van der Waals surface area (Å²) in [6.07, 6.45) is 2.23. The second kappa shape index (κ2) is 7.62. The molecule has 3 aromatic rings. The van der Waals surface area contributed by atoms with E-state index in [0.717, 1.165) is 34.4 Å². The van der Waals surface area contributed by atoms with Gasteiger partial charge in [-0.05, 0) is 55.8 Å². The van der Waals surface area contributed by atoms with E-state index in [9.17, 15) is 9.59 Å². The first-order valence-corrected chi connectivity index (χ1v) is 9.85. The highest BCUT2D eigenvalue weighted by molar-refractivity contribution is 6.04.